The van der Waals surface area contributed by atoms with Gasteiger partial charge in [-0.05, 0) is 25.7 Å². The number of rotatable bonds is 31. The number of carbonyl (C=O) groups excluding carboxylic acids is 2. The first-order valence-corrected chi connectivity index (χ1v) is 18.0. The van der Waals surface area contributed by atoms with E-state index in [9.17, 15) is 30.0 Å². The van der Waals surface area contributed by atoms with Crippen LogP contribution >= 0.6 is 0 Å². The summed E-state index contributed by atoms with van der Waals surface area (Å²) in [5, 5.41) is 40.0. The molecule has 8 heteroatoms. The largest absolute Gasteiger partial charge is 0.463 e. The molecule has 8 nitrogen and oxygen atoms in total. The Balaban J connectivity index is 3.83. The topological polar surface area (TPSA) is 134 Å². The second kappa shape index (κ2) is 32.7. The van der Waals surface area contributed by atoms with E-state index in [0.29, 0.717) is 12.8 Å². The zero-order valence-electron chi connectivity index (χ0n) is 28.9. The lowest BCUT2D eigenvalue weighted by Gasteiger charge is -2.14. The van der Waals surface area contributed by atoms with Crippen molar-refractivity contribution >= 4 is 11.9 Å². The van der Waals surface area contributed by atoms with Crippen molar-refractivity contribution in [3.63, 3.8) is 0 Å². The summed E-state index contributed by atoms with van der Waals surface area (Å²) in [6.45, 7) is 3.88. The van der Waals surface area contributed by atoms with Gasteiger partial charge in [0.25, 0.3) is 0 Å². The van der Waals surface area contributed by atoms with Crippen LogP contribution in [0.1, 0.15) is 142 Å². The summed E-state index contributed by atoms with van der Waals surface area (Å²) in [6.07, 6.45) is 29.7. The number of unbranched alkanes of at least 4 members (excludes halogenated alkanes) is 13. The van der Waals surface area contributed by atoms with E-state index in [0.717, 1.165) is 44.9 Å². The highest BCUT2D eigenvalue weighted by Gasteiger charge is 2.15. The molecular formula is C38H66O8. The summed E-state index contributed by atoms with van der Waals surface area (Å²) >= 11 is 0. The SMILES string of the molecule is CCCCCCCCCCCCCCC(=O)OC[C@@H](O)COC(=O)CCC[C@@H](O)[C@H](O)/C=C/C=C/C=C\C=C\[C@H](O)CCCCC. The van der Waals surface area contributed by atoms with Crippen LogP contribution in [0.15, 0.2) is 48.6 Å². The molecule has 0 amide bonds. The minimum Gasteiger partial charge on any atom is -0.463 e. The van der Waals surface area contributed by atoms with Gasteiger partial charge >= 0.3 is 11.9 Å². The predicted octanol–water partition coefficient (Wildman–Crippen LogP) is 7.58. The number of esters is 2. The Hall–Kier alpha value is -2.26. The lowest BCUT2D eigenvalue weighted by Crippen LogP contribution is -2.26. The van der Waals surface area contributed by atoms with E-state index in [4.69, 9.17) is 9.47 Å². The molecule has 0 aliphatic carbocycles. The third-order valence-corrected chi connectivity index (χ3v) is 7.68. The molecule has 0 spiro atoms. The molecule has 0 bridgehead atoms. The first-order valence-electron chi connectivity index (χ1n) is 18.0. The molecule has 0 aromatic carbocycles. The Labute approximate surface area is 279 Å². The average molecular weight is 651 g/mol. The number of aliphatic hydroxyl groups is 4. The van der Waals surface area contributed by atoms with Crippen molar-refractivity contribution in [1.82, 2.24) is 0 Å². The van der Waals surface area contributed by atoms with E-state index < -0.39 is 30.4 Å². The van der Waals surface area contributed by atoms with Crippen molar-refractivity contribution in [1.29, 1.82) is 0 Å². The van der Waals surface area contributed by atoms with E-state index >= 15 is 0 Å². The van der Waals surface area contributed by atoms with Gasteiger partial charge in [-0.2, -0.15) is 0 Å². The maximum Gasteiger partial charge on any atom is 0.305 e. The van der Waals surface area contributed by atoms with Crippen LogP contribution in [0, 0.1) is 0 Å². The van der Waals surface area contributed by atoms with Gasteiger partial charge in [0.05, 0.1) is 18.3 Å². The van der Waals surface area contributed by atoms with Crippen LogP contribution in [0.2, 0.25) is 0 Å². The van der Waals surface area contributed by atoms with Gasteiger partial charge in [0, 0.05) is 12.8 Å². The number of hydrogen-bond donors (Lipinski definition) is 4. The number of allylic oxidation sites excluding steroid dienone is 6. The van der Waals surface area contributed by atoms with Crippen molar-refractivity contribution < 1.29 is 39.5 Å². The van der Waals surface area contributed by atoms with Gasteiger partial charge < -0.3 is 29.9 Å². The van der Waals surface area contributed by atoms with Gasteiger partial charge in [-0.3, -0.25) is 9.59 Å². The van der Waals surface area contributed by atoms with Gasteiger partial charge in [0.15, 0.2) is 0 Å². The number of aliphatic hydroxyl groups excluding tert-OH is 4. The van der Waals surface area contributed by atoms with Crippen molar-refractivity contribution in [2.24, 2.45) is 0 Å². The first-order chi connectivity index (χ1) is 22.3. The molecule has 0 aromatic rings. The fraction of sp³-hybridized carbons (Fsp3) is 0.737. The highest BCUT2D eigenvalue weighted by Crippen LogP contribution is 2.13. The second-order valence-corrected chi connectivity index (χ2v) is 12.2. The molecule has 0 aliphatic rings. The Bertz CT molecular complexity index is 835. The normalized spacial score (nSPS) is 14.8. The quantitative estimate of drug-likeness (QED) is 0.0343. The molecular weight excluding hydrogens is 584 g/mol. The minimum atomic E-state index is -1.09. The summed E-state index contributed by atoms with van der Waals surface area (Å²) in [5.41, 5.74) is 0. The number of hydrogen-bond acceptors (Lipinski definition) is 8. The van der Waals surface area contributed by atoms with Crippen LogP contribution in [-0.2, 0) is 19.1 Å². The van der Waals surface area contributed by atoms with Crippen molar-refractivity contribution in [2.75, 3.05) is 13.2 Å². The van der Waals surface area contributed by atoms with Crippen molar-refractivity contribution in [2.45, 2.75) is 167 Å². The van der Waals surface area contributed by atoms with Crippen LogP contribution in [-0.4, -0.2) is 70.0 Å². The summed E-state index contributed by atoms with van der Waals surface area (Å²) < 4.78 is 10.1. The highest BCUT2D eigenvalue weighted by molar-refractivity contribution is 5.69. The lowest BCUT2D eigenvalue weighted by atomic mass is 10.0. The van der Waals surface area contributed by atoms with Gasteiger partial charge in [-0.1, -0.05) is 152 Å². The zero-order chi connectivity index (χ0) is 34.1. The summed E-state index contributed by atoms with van der Waals surface area (Å²) in [7, 11) is 0. The van der Waals surface area contributed by atoms with Crippen molar-refractivity contribution in [3.8, 4) is 0 Å². The number of carbonyl (C=O) groups is 2. The van der Waals surface area contributed by atoms with Crippen LogP contribution in [0.4, 0.5) is 0 Å². The molecule has 0 saturated heterocycles. The maximum absolute atomic E-state index is 12.0. The van der Waals surface area contributed by atoms with Gasteiger partial charge in [-0.15, -0.1) is 0 Å². The molecule has 0 aromatic heterocycles. The average Bonchev–Trinajstić information content (AvgIpc) is 3.04. The second-order valence-electron chi connectivity index (χ2n) is 12.2. The van der Waals surface area contributed by atoms with E-state index in [1.807, 2.05) is 6.08 Å². The molecule has 0 saturated carbocycles. The molecule has 46 heavy (non-hydrogen) atoms. The fourth-order valence-corrected chi connectivity index (χ4v) is 4.76. The number of ether oxygens (including phenoxy) is 2. The Morgan fingerprint density at radius 1 is 0.522 bits per heavy atom. The Kier molecular flexibility index (Phi) is 31.1. The van der Waals surface area contributed by atoms with Gasteiger partial charge in [0.1, 0.15) is 19.3 Å². The third-order valence-electron chi connectivity index (χ3n) is 7.68. The molecule has 0 rings (SSSR count). The van der Waals surface area contributed by atoms with Crippen LogP contribution in [0.3, 0.4) is 0 Å². The smallest absolute Gasteiger partial charge is 0.305 e. The molecule has 4 N–H and O–H groups in total. The van der Waals surface area contributed by atoms with Crippen LogP contribution < -0.4 is 0 Å². The molecule has 0 aliphatic heterocycles. The molecule has 0 fully saturated rings. The molecule has 0 heterocycles. The summed E-state index contributed by atoms with van der Waals surface area (Å²) in [6, 6.07) is 0. The first kappa shape index (κ1) is 43.7. The van der Waals surface area contributed by atoms with Crippen LogP contribution in [0.5, 0.6) is 0 Å². The fourth-order valence-electron chi connectivity index (χ4n) is 4.76. The monoisotopic (exact) mass is 650 g/mol. The van der Waals surface area contributed by atoms with E-state index in [1.165, 1.54) is 63.9 Å². The Morgan fingerprint density at radius 2 is 0.957 bits per heavy atom. The molecule has 266 valence electrons. The van der Waals surface area contributed by atoms with Crippen molar-refractivity contribution in [3.05, 3.63) is 48.6 Å². The zero-order valence-corrected chi connectivity index (χ0v) is 28.9. The molecule has 0 radical (unpaired) electrons. The molecule has 0 unspecified atom stereocenters. The Morgan fingerprint density at radius 3 is 1.50 bits per heavy atom. The summed E-state index contributed by atoms with van der Waals surface area (Å²) in [4.78, 5) is 23.9. The molecule has 4 atom stereocenters. The van der Waals surface area contributed by atoms with Gasteiger partial charge in [0.2, 0.25) is 0 Å². The third kappa shape index (κ3) is 30.4. The lowest BCUT2D eigenvalue weighted by molar-refractivity contribution is -0.152. The van der Waals surface area contributed by atoms with Gasteiger partial charge in [-0.25, -0.2) is 0 Å². The van der Waals surface area contributed by atoms with E-state index in [-0.39, 0.29) is 32.0 Å². The summed E-state index contributed by atoms with van der Waals surface area (Å²) in [5.74, 6) is -0.885. The standard InChI is InChI=1S/C38H66O8/c1-3-5-7-8-9-10-11-12-13-14-19-23-29-37(43)45-31-34(40)32-46-38(44)30-24-28-36(42)35(41)27-22-18-16-15-17-21-26-33(39)25-20-6-4-2/h15-18,21-22,26-27,33-36,39-42H,3-14,19-20,23-25,28-32H2,1-2H3/b17-15-,18-16+,26-21+,27-22+/t33-,34-,35-,36-/m1/s1. The van der Waals surface area contributed by atoms with E-state index in [1.54, 1.807) is 36.5 Å². The van der Waals surface area contributed by atoms with Crippen LogP contribution in [0.25, 0.3) is 0 Å². The van der Waals surface area contributed by atoms with E-state index in [2.05, 4.69) is 13.8 Å². The highest BCUT2D eigenvalue weighted by atomic mass is 16.6. The maximum atomic E-state index is 12.0. The minimum absolute atomic E-state index is 0.0322. The predicted molar refractivity (Wildman–Crippen MR) is 186 cm³/mol.